The third kappa shape index (κ3) is 3.89. The lowest BCUT2D eigenvalue weighted by molar-refractivity contribution is 0.0985. The van der Waals surface area contributed by atoms with Crippen molar-refractivity contribution in [3.8, 4) is 0 Å². The SMILES string of the molecule is Cc1ccc(C(=O)N(CCN(C)C)c2nc3ccccc3s2)cc1C. The summed E-state index contributed by atoms with van der Waals surface area (Å²) < 4.78 is 1.10. The molecule has 0 fully saturated rings. The van der Waals surface area contributed by atoms with Gasteiger partial charge in [-0.05, 0) is 63.3 Å². The van der Waals surface area contributed by atoms with Crippen LogP contribution < -0.4 is 4.90 Å². The highest BCUT2D eigenvalue weighted by molar-refractivity contribution is 7.22. The Kier molecular flexibility index (Phi) is 5.16. The highest BCUT2D eigenvalue weighted by atomic mass is 32.1. The van der Waals surface area contributed by atoms with Crippen LogP contribution in [0.1, 0.15) is 21.5 Å². The molecule has 130 valence electrons. The average molecular weight is 353 g/mol. The Labute approximate surface area is 152 Å². The molecule has 1 amide bonds. The molecule has 3 aromatic rings. The number of hydrogen-bond acceptors (Lipinski definition) is 4. The molecule has 3 rings (SSSR count). The molecule has 25 heavy (non-hydrogen) atoms. The largest absolute Gasteiger partial charge is 0.308 e. The summed E-state index contributed by atoms with van der Waals surface area (Å²) in [6.45, 7) is 5.49. The molecule has 1 heterocycles. The molecule has 0 atom stereocenters. The molecule has 2 aromatic carbocycles. The molecule has 0 aliphatic carbocycles. The molecular formula is C20H23N3OS. The van der Waals surface area contributed by atoms with E-state index in [1.54, 1.807) is 16.2 Å². The number of thiazole rings is 1. The van der Waals surface area contributed by atoms with Gasteiger partial charge in [-0.2, -0.15) is 0 Å². The van der Waals surface area contributed by atoms with E-state index in [1.165, 1.54) is 5.56 Å². The summed E-state index contributed by atoms with van der Waals surface area (Å²) in [5.41, 5.74) is 3.96. The minimum atomic E-state index is 0.00371. The number of carbonyl (C=O) groups excluding carboxylic acids is 1. The van der Waals surface area contributed by atoms with Crippen molar-refractivity contribution >= 4 is 32.6 Å². The van der Waals surface area contributed by atoms with Crippen LogP contribution in [0.15, 0.2) is 42.5 Å². The van der Waals surface area contributed by atoms with Gasteiger partial charge in [0.1, 0.15) is 0 Å². The van der Waals surface area contributed by atoms with E-state index >= 15 is 0 Å². The molecule has 0 radical (unpaired) electrons. The van der Waals surface area contributed by atoms with Gasteiger partial charge < -0.3 is 4.90 Å². The summed E-state index contributed by atoms with van der Waals surface area (Å²) in [6, 6.07) is 13.9. The van der Waals surface area contributed by atoms with Crippen LogP contribution in [0.4, 0.5) is 5.13 Å². The van der Waals surface area contributed by atoms with E-state index in [0.29, 0.717) is 12.1 Å². The quantitative estimate of drug-likeness (QED) is 0.692. The maximum atomic E-state index is 13.2. The fourth-order valence-corrected chi connectivity index (χ4v) is 3.58. The van der Waals surface area contributed by atoms with Crippen LogP contribution in [0.3, 0.4) is 0 Å². The fraction of sp³-hybridized carbons (Fsp3) is 0.300. The van der Waals surface area contributed by atoms with Gasteiger partial charge in [-0.25, -0.2) is 4.98 Å². The van der Waals surface area contributed by atoms with Gasteiger partial charge in [0.2, 0.25) is 0 Å². The van der Waals surface area contributed by atoms with Gasteiger partial charge in [0.25, 0.3) is 5.91 Å². The van der Waals surface area contributed by atoms with Gasteiger partial charge in [0.15, 0.2) is 5.13 Å². The van der Waals surface area contributed by atoms with Crippen molar-refractivity contribution in [3.63, 3.8) is 0 Å². The number of aromatic nitrogens is 1. The average Bonchev–Trinajstić information content (AvgIpc) is 3.00. The predicted octanol–water partition coefficient (Wildman–Crippen LogP) is 4.12. The van der Waals surface area contributed by atoms with Gasteiger partial charge in [-0.3, -0.25) is 9.69 Å². The molecule has 4 nitrogen and oxygen atoms in total. The van der Waals surface area contributed by atoms with Crippen LogP contribution in [0.2, 0.25) is 0 Å². The molecule has 0 aliphatic heterocycles. The van der Waals surface area contributed by atoms with Crippen molar-refractivity contribution < 1.29 is 4.79 Å². The molecule has 0 aliphatic rings. The van der Waals surface area contributed by atoms with E-state index in [4.69, 9.17) is 0 Å². The Bertz CT molecular complexity index is 868. The number of anilines is 1. The second-order valence-electron chi connectivity index (χ2n) is 6.52. The summed E-state index contributed by atoms with van der Waals surface area (Å²) in [7, 11) is 4.02. The lowest BCUT2D eigenvalue weighted by Crippen LogP contribution is -2.36. The number of carbonyl (C=O) groups is 1. The van der Waals surface area contributed by atoms with Crippen LogP contribution in [-0.4, -0.2) is 43.0 Å². The summed E-state index contributed by atoms with van der Waals surface area (Å²) >= 11 is 1.56. The van der Waals surface area contributed by atoms with Crippen LogP contribution in [0, 0.1) is 13.8 Å². The normalized spacial score (nSPS) is 11.2. The van der Waals surface area contributed by atoms with Gasteiger partial charge in [0, 0.05) is 18.7 Å². The Morgan fingerprint density at radius 1 is 1.04 bits per heavy atom. The lowest BCUT2D eigenvalue weighted by atomic mass is 10.1. The zero-order chi connectivity index (χ0) is 18.0. The molecule has 0 spiro atoms. The third-order valence-electron chi connectivity index (χ3n) is 4.28. The van der Waals surface area contributed by atoms with Crippen molar-refractivity contribution in [2.24, 2.45) is 0 Å². The third-order valence-corrected chi connectivity index (χ3v) is 5.34. The number of benzene rings is 2. The van der Waals surface area contributed by atoms with Crippen molar-refractivity contribution in [2.45, 2.75) is 13.8 Å². The maximum absolute atomic E-state index is 13.2. The van der Waals surface area contributed by atoms with Crippen LogP contribution >= 0.6 is 11.3 Å². The van der Waals surface area contributed by atoms with E-state index in [0.717, 1.165) is 27.5 Å². The molecule has 0 bridgehead atoms. The minimum absolute atomic E-state index is 0.00371. The Hall–Kier alpha value is -2.24. The van der Waals surface area contributed by atoms with E-state index in [1.807, 2.05) is 63.5 Å². The zero-order valence-electron chi connectivity index (χ0n) is 15.1. The topological polar surface area (TPSA) is 36.4 Å². The molecular weight excluding hydrogens is 330 g/mol. The standard InChI is InChI=1S/C20H23N3OS/c1-14-9-10-16(13-15(14)2)19(24)23(12-11-22(3)4)20-21-17-7-5-6-8-18(17)25-20/h5-10,13H,11-12H2,1-4H3. The number of para-hydroxylation sites is 1. The molecule has 0 saturated carbocycles. The van der Waals surface area contributed by atoms with Gasteiger partial charge in [0.05, 0.1) is 10.2 Å². The fourth-order valence-electron chi connectivity index (χ4n) is 2.59. The van der Waals surface area contributed by atoms with Crippen LogP contribution in [-0.2, 0) is 0 Å². The van der Waals surface area contributed by atoms with Gasteiger partial charge in [-0.15, -0.1) is 0 Å². The predicted molar refractivity (Wildman–Crippen MR) is 106 cm³/mol. The number of likely N-dealkylation sites (N-methyl/N-ethyl adjacent to an activating group) is 1. The van der Waals surface area contributed by atoms with E-state index in [9.17, 15) is 4.79 Å². The molecule has 0 saturated heterocycles. The van der Waals surface area contributed by atoms with Crippen LogP contribution in [0.5, 0.6) is 0 Å². The van der Waals surface area contributed by atoms with Crippen molar-refractivity contribution in [2.75, 3.05) is 32.1 Å². The van der Waals surface area contributed by atoms with Crippen LogP contribution in [0.25, 0.3) is 10.2 Å². The molecule has 0 unspecified atom stereocenters. The maximum Gasteiger partial charge on any atom is 0.260 e. The first-order valence-electron chi connectivity index (χ1n) is 8.35. The first-order chi connectivity index (χ1) is 12.0. The zero-order valence-corrected chi connectivity index (χ0v) is 15.9. The first-order valence-corrected chi connectivity index (χ1v) is 9.17. The second-order valence-corrected chi connectivity index (χ2v) is 7.53. The summed E-state index contributed by atoms with van der Waals surface area (Å²) in [5, 5.41) is 0.756. The number of amides is 1. The Morgan fingerprint density at radius 2 is 1.80 bits per heavy atom. The number of aryl methyl sites for hydroxylation is 2. The minimum Gasteiger partial charge on any atom is -0.308 e. The van der Waals surface area contributed by atoms with Gasteiger partial charge >= 0.3 is 0 Å². The van der Waals surface area contributed by atoms with Crippen molar-refractivity contribution in [3.05, 3.63) is 59.2 Å². The second kappa shape index (κ2) is 7.33. The molecule has 0 N–H and O–H groups in total. The summed E-state index contributed by atoms with van der Waals surface area (Å²) in [4.78, 5) is 21.7. The molecule has 1 aromatic heterocycles. The molecule has 5 heteroatoms. The van der Waals surface area contributed by atoms with E-state index in [-0.39, 0.29) is 5.91 Å². The number of fused-ring (bicyclic) bond motifs is 1. The highest BCUT2D eigenvalue weighted by Crippen LogP contribution is 2.29. The Morgan fingerprint density at radius 3 is 2.48 bits per heavy atom. The highest BCUT2D eigenvalue weighted by Gasteiger charge is 2.21. The first kappa shape index (κ1) is 17.6. The number of nitrogens with zero attached hydrogens (tertiary/aromatic N) is 3. The Balaban J connectivity index is 1.98. The monoisotopic (exact) mass is 353 g/mol. The van der Waals surface area contributed by atoms with E-state index in [2.05, 4.69) is 16.8 Å². The van der Waals surface area contributed by atoms with E-state index < -0.39 is 0 Å². The lowest BCUT2D eigenvalue weighted by Gasteiger charge is -2.22. The van der Waals surface area contributed by atoms with Crippen molar-refractivity contribution in [1.82, 2.24) is 9.88 Å². The smallest absolute Gasteiger partial charge is 0.260 e. The summed E-state index contributed by atoms with van der Waals surface area (Å²) in [6.07, 6.45) is 0. The number of hydrogen-bond donors (Lipinski definition) is 0. The van der Waals surface area contributed by atoms with Gasteiger partial charge in [-0.1, -0.05) is 29.5 Å². The van der Waals surface area contributed by atoms with Crippen molar-refractivity contribution in [1.29, 1.82) is 0 Å². The summed E-state index contributed by atoms with van der Waals surface area (Å²) in [5.74, 6) is 0.00371. The number of rotatable bonds is 5.